The standard InChI is InChI=1S/C22H34IN3O5/c1-21(2,3)31-20(30)24-16-10-8-6-4-5-7-9-14-12-22(14,23)25-18(28)17-11-15(27)13-26(17)19(16)29/h7,9,14-17,27H,4-6,8,10-13H2,1-3H3,(H,24,30)(H,25,28)/b9-7-/t14-,15-,16+,17+,22-/m1/s1. The first-order valence-corrected chi connectivity index (χ1v) is 12.2. The minimum absolute atomic E-state index is 0.0843. The molecule has 3 N–H and O–H groups in total. The second kappa shape index (κ2) is 9.64. The van der Waals surface area contributed by atoms with Crippen LogP contribution in [0.2, 0.25) is 0 Å². The normalized spacial score (nSPS) is 35.7. The topological polar surface area (TPSA) is 108 Å². The Kier molecular flexibility index (Phi) is 7.55. The number of allylic oxidation sites excluding steroid dienone is 1. The minimum Gasteiger partial charge on any atom is -0.444 e. The van der Waals surface area contributed by atoms with Gasteiger partial charge in [0.1, 0.15) is 17.7 Å². The first-order valence-electron chi connectivity index (χ1n) is 11.1. The van der Waals surface area contributed by atoms with E-state index in [1.165, 1.54) is 4.90 Å². The number of ether oxygens (including phenoxy) is 1. The Balaban J connectivity index is 1.78. The van der Waals surface area contributed by atoms with Gasteiger partial charge in [0, 0.05) is 18.9 Å². The summed E-state index contributed by atoms with van der Waals surface area (Å²) in [6, 6.07) is -1.54. The summed E-state index contributed by atoms with van der Waals surface area (Å²) in [6.45, 7) is 5.38. The molecule has 3 amide bonds. The number of alkyl carbamates (subject to hydrolysis) is 1. The van der Waals surface area contributed by atoms with Crippen molar-refractivity contribution in [2.24, 2.45) is 5.92 Å². The van der Waals surface area contributed by atoms with Crippen LogP contribution in [0.4, 0.5) is 4.79 Å². The number of carbonyl (C=O) groups excluding carboxylic acids is 3. The summed E-state index contributed by atoms with van der Waals surface area (Å²) in [5.41, 5.74) is -0.680. The van der Waals surface area contributed by atoms with Crippen LogP contribution >= 0.6 is 22.6 Å². The number of hydrogen-bond acceptors (Lipinski definition) is 5. The fourth-order valence-corrected chi connectivity index (χ4v) is 5.12. The van der Waals surface area contributed by atoms with E-state index in [-0.39, 0.29) is 28.3 Å². The number of nitrogens with one attached hydrogen (secondary N) is 2. The molecule has 0 unspecified atom stereocenters. The van der Waals surface area contributed by atoms with Crippen molar-refractivity contribution in [2.75, 3.05) is 6.54 Å². The molecule has 0 aromatic rings. The zero-order valence-corrected chi connectivity index (χ0v) is 20.7. The molecule has 2 fully saturated rings. The average molecular weight is 547 g/mol. The van der Waals surface area contributed by atoms with Gasteiger partial charge in [0.05, 0.1) is 9.65 Å². The number of alkyl halides is 1. The molecule has 9 heteroatoms. The predicted octanol–water partition coefficient (Wildman–Crippen LogP) is 2.63. The zero-order chi connectivity index (χ0) is 22.8. The molecule has 2 aliphatic heterocycles. The van der Waals surface area contributed by atoms with Crippen molar-refractivity contribution in [3.8, 4) is 0 Å². The van der Waals surface area contributed by atoms with Crippen LogP contribution in [0.25, 0.3) is 0 Å². The smallest absolute Gasteiger partial charge is 0.408 e. The van der Waals surface area contributed by atoms with Crippen LogP contribution in [0.3, 0.4) is 0 Å². The van der Waals surface area contributed by atoms with Crippen molar-refractivity contribution < 1.29 is 24.2 Å². The van der Waals surface area contributed by atoms with Gasteiger partial charge in [-0.05, 0) is 46.5 Å². The number of amides is 3. The van der Waals surface area contributed by atoms with Gasteiger partial charge in [-0.25, -0.2) is 4.79 Å². The quantitative estimate of drug-likeness (QED) is 0.203. The van der Waals surface area contributed by atoms with E-state index in [9.17, 15) is 19.5 Å². The van der Waals surface area contributed by atoms with E-state index in [1.807, 2.05) is 0 Å². The highest BCUT2D eigenvalue weighted by Crippen LogP contribution is 2.50. The Labute approximate surface area is 197 Å². The van der Waals surface area contributed by atoms with Gasteiger partial charge in [-0.1, -0.05) is 47.6 Å². The molecule has 1 aliphatic carbocycles. The second-order valence-corrected chi connectivity index (χ2v) is 11.7. The SMILES string of the molecule is CC(C)(C)OC(=O)N[C@H]1CCCCC/C=C\[C@@H]2C[C@@]2(I)NC(=O)[C@@H]2C[C@@H](O)CN2C1=O. The second-order valence-electron chi connectivity index (χ2n) is 9.82. The summed E-state index contributed by atoms with van der Waals surface area (Å²) >= 11 is 2.27. The third-order valence-electron chi connectivity index (χ3n) is 5.86. The highest BCUT2D eigenvalue weighted by atomic mass is 127. The maximum Gasteiger partial charge on any atom is 0.408 e. The van der Waals surface area contributed by atoms with Gasteiger partial charge in [0.25, 0.3) is 0 Å². The Morgan fingerprint density at radius 1 is 1.32 bits per heavy atom. The summed E-state index contributed by atoms with van der Waals surface area (Å²) in [4.78, 5) is 40.2. The third kappa shape index (κ3) is 6.57. The van der Waals surface area contributed by atoms with Gasteiger partial charge in [-0.15, -0.1) is 0 Å². The largest absolute Gasteiger partial charge is 0.444 e. The Morgan fingerprint density at radius 3 is 2.77 bits per heavy atom. The first kappa shape index (κ1) is 24.3. The van der Waals surface area contributed by atoms with E-state index in [0.717, 1.165) is 32.1 Å². The molecule has 174 valence electrons. The maximum absolute atomic E-state index is 13.4. The Bertz CT molecular complexity index is 737. The molecule has 0 radical (unpaired) electrons. The average Bonchev–Trinajstić information content (AvgIpc) is 3.09. The van der Waals surface area contributed by atoms with Crippen molar-refractivity contribution in [1.29, 1.82) is 0 Å². The first-order chi connectivity index (χ1) is 14.5. The van der Waals surface area contributed by atoms with Gasteiger partial charge in [0.2, 0.25) is 11.8 Å². The number of hydrogen-bond donors (Lipinski definition) is 3. The fourth-order valence-electron chi connectivity index (χ4n) is 4.17. The van der Waals surface area contributed by atoms with Crippen LogP contribution in [0, 0.1) is 5.92 Å². The molecule has 3 aliphatic rings. The monoisotopic (exact) mass is 547 g/mol. The highest BCUT2D eigenvalue weighted by molar-refractivity contribution is 14.1. The lowest BCUT2D eigenvalue weighted by Crippen LogP contribution is -2.55. The Hall–Kier alpha value is -1.36. The molecule has 3 rings (SSSR count). The summed E-state index contributed by atoms with van der Waals surface area (Å²) in [7, 11) is 0. The molecule has 1 saturated heterocycles. The number of nitrogens with zero attached hydrogens (tertiary/aromatic N) is 1. The van der Waals surface area contributed by atoms with E-state index in [0.29, 0.717) is 12.3 Å². The lowest BCUT2D eigenvalue weighted by atomic mass is 10.0. The molecule has 5 atom stereocenters. The van der Waals surface area contributed by atoms with E-state index in [4.69, 9.17) is 4.74 Å². The molecular formula is C22H34IN3O5. The lowest BCUT2D eigenvalue weighted by molar-refractivity contribution is -0.140. The van der Waals surface area contributed by atoms with Crippen LogP contribution in [0.5, 0.6) is 0 Å². The number of carbonyl (C=O) groups is 3. The van der Waals surface area contributed by atoms with Crippen molar-refractivity contribution in [3.05, 3.63) is 12.2 Å². The van der Waals surface area contributed by atoms with Gasteiger partial charge >= 0.3 is 6.09 Å². The van der Waals surface area contributed by atoms with Crippen molar-refractivity contribution in [2.45, 2.75) is 93.1 Å². The molecule has 1 saturated carbocycles. The lowest BCUT2D eigenvalue weighted by Gasteiger charge is -2.30. The maximum atomic E-state index is 13.4. The molecule has 0 spiro atoms. The van der Waals surface area contributed by atoms with Crippen LogP contribution in [0.1, 0.15) is 65.7 Å². The van der Waals surface area contributed by atoms with Gasteiger partial charge in [-0.3, -0.25) is 9.59 Å². The van der Waals surface area contributed by atoms with E-state index in [2.05, 4.69) is 45.4 Å². The molecule has 0 aromatic heterocycles. The van der Waals surface area contributed by atoms with E-state index in [1.54, 1.807) is 20.8 Å². The van der Waals surface area contributed by atoms with Crippen LogP contribution in [-0.2, 0) is 14.3 Å². The molecule has 8 nitrogen and oxygen atoms in total. The van der Waals surface area contributed by atoms with Crippen molar-refractivity contribution in [3.63, 3.8) is 0 Å². The molecule has 2 heterocycles. The van der Waals surface area contributed by atoms with Crippen molar-refractivity contribution in [1.82, 2.24) is 15.5 Å². The van der Waals surface area contributed by atoms with Crippen molar-refractivity contribution >= 4 is 40.5 Å². The summed E-state index contributed by atoms with van der Waals surface area (Å²) in [6.07, 6.45) is 8.11. The van der Waals surface area contributed by atoms with E-state index < -0.39 is 29.9 Å². The van der Waals surface area contributed by atoms with Gasteiger partial charge < -0.3 is 25.4 Å². The minimum atomic E-state index is -0.793. The van der Waals surface area contributed by atoms with Gasteiger partial charge in [0.15, 0.2) is 0 Å². The summed E-state index contributed by atoms with van der Waals surface area (Å²) in [5.74, 6) is -0.300. The third-order valence-corrected chi connectivity index (χ3v) is 7.37. The van der Waals surface area contributed by atoms with Crippen LogP contribution < -0.4 is 10.6 Å². The molecule has 0 aromatic carbocycles. The van der Waals surface area contributed by atoms with Crippen LogP contribution in [-0.4, -0.2) is 61.8 Å². The molecular weight excluding hydrogens is 513 g/mol. The number of fused-ring (bicyclic) bond motifs is 2. The number of rotatable bonds is 1. The fraction of sp³-hybridized carbons (Fsp3) is 0.773. The predicted molar refractivity (Wildman–Crippen MR) is 125 cm³/mol. The number of aliphatic hydroxyl groups is 1. The number of halogens is 1. The number of aliphatic hydroxyl groups excluding tert-OH is 1. The van der Waals surface area contributed by atoms with Crippen LogP contribution in [0.15, 0.2) is 12.2 Å². The van der Waals surface area contributed by atoms with Gasteiger partial charge in [-0.2, -0.15) is 0 Å². The zero-order valence-electron chi connectivity index (χ0n) is 18.5. The Morgan fingerprint density at radius 2 is 2.06 bits per heavy atom. The van der Waals surface area contributed by atoms with E-state index >= 15 is 0 Å². The molecule has 31 heavy (non-hydrogen) atoms. The highest BCUT2D eigenvalue weighted by Gasteiger charge is 2.53. The summed E-state index contributed by atoms with van der Waals surface area (Å²) in [5, 5.41) is 16.0. The summed E-state index contributed by atoms with van der Waals surface area (Å²) < 4.78 is 5.01. The molecule has 0 bridgehead atoms.